The van der Waals surface area contributed by atoms with E-state index in [1.165, 1.54) is 6.33 Å². The number of aromatic amines is 1. The molecule has 1 amide bonds. The number of nitrogens with zero attached hydrogens (tertiary/aromatic N) is 1. The van der Waals surface area contributed by atoms with Crippen LogP contribution in [0.1, 0.15) is 43.7 Å². The van der Waals surface area contributed by atoms with Crippen molar-refractivity contribution in [3.8, 4) is 0 Å². The van der Waals surface area contributed by atoms with Crippen molar-refractivity contribution in [3.63, 3.8) is 0 Å². The van der Waals surface area contributed by atoms with E-state index < -0.39 is 29.6 Å². The Kier molecular flexibility index (Phi) is 6.92. The SMILES string of the molecule is CC(Nc1c(C(=O)OC(C)(C)C)ccc2ccccc12)C(=O)NC([C]=O)Cc1c[nH]cn1. The van der Waals surface area contributed by atoms with Gasteiger partial charge in [-0.15, -0.1) is 0 Å². The number of esters is 1. The molecule has 0 saturated heterocycles. The van der Waals surface area contributed by atoms with Crippen LogP contribution in [0, 0.1) is 0 Å². The summed E-state index contributed by atoms with van der Waals surface area (Å²) >= 11 is 0. The number of rotatable bonds is 8. The van der Waals surface area contributed by atoms with Crippen molar-refractivity contribution in [3.05, 3.63) is 60.2 Å². The summed E-state index contributed by atoms with van der Waals surface area (Å²) in [4.78, 5) is 43.9. The molecule has 2 atom stereocenters. The van der Waals surface area contributed by atoms with Gasteiger partial charge < -0.3 is 20.4 Å². The van der Waals surface area contributed by atoms with Crippen molar-refractivity contribution >= 4 is 34.6 Å². The second-order valence-corrected chi connectivity index (χ2v) is 8.52. The first-order valence-corrected chi connectivity index (χ1v) is 10.4. The van der Waals surface area contributed by atoms with Gasteiger partial charge in [-0.1, -0.05) is 30.3 Å². The van der Waals surface area contributed by atoms with Gasteiger partial charge in [-0.2, -0.15) is 0 Å². The number of nitrogens with one attached hydrogen (secondary N) is 3. The number of hydrogen-bond donors (Lipinski definition) is 3. The molecule has 8 nitrogen and oxygen atoms in total. The molecule has 3 rings (SSSR count). The lowest BCUT2D eigenvalue weighted by Gasteiger charge is -2.23. The van der Waals surface area contributed by atoms with Crippen molar-refractivity contribution in [2.75, 3.05) is 5.32 Å². The van der Waals surface area contributed by atoms with Crippen LogP contribution in [-0.4, -0.2) is 45.8 Å². The summed E-state index contributed by atoms with van der Waals surface area (Å²) in [5.41, 5.74) is 0.801. The van der Waals surface area contributed by atoms with Gasteiger partial charge in [-0.25, -0.2) is 9.78 Å². The summed E-state index contributed by atoms with van der Waals surface area (Å²) in [6.07, 6.45) is 5.22. The summed E-state index contributed by atoms with van der Waals surface area (Å²) in [7, 11) is 0. The van der Waals surface area contributed by atoms with Crippen molar-refractivity contribution < 1.29 is 19.1 Å². The number of carbonyl (C=O) groups is 2. The summed E-state index contributed by atoms with van der Waals surface area (Å²) in [6, 6.07) is 9.49. The molecule has 1 heterocycles. The molecule has 1 radical (unpaired) electrons. The maximum absolute atomic E-state index is 12.9. The van der Waals surface area contributed by atoms with E-state index in [9.17, 15) is 14.4 Å². The molecule has 0 aliphatic rings. The highest BCUT2D eigenvalue weighted by Crippen LogP contribution is 2.30. The fourth-order valence-electron chi connectivity index (χ4n) is 3.24. The van der Waals surface area contributed by atoms with E-state index in [0.717, 1.165) is 10.8 Å². The second kappa shape index (κ2) is 9.64. The summed E-state index contributed by atoms with van der Waals surface area (Å²) in [5, 5.41) is 7.50. The van der Waals surface area contributed by atoms with Gasteiger partial charge >= 0.3 is 5.97 Å². The van der Waals surface area contributed by atoms with Crippen LogP contribution in [0.5, 0.6) is 0 Å². The summed E-state index contributed by atoms with van der Waals surface area (Å²) in [6.45, 7) is 7.05. The number of amides is 1. The molecule has 0 fully saturated rings. The van der Waals surface area contributed by atoms with Crippen molar-refractivity contribution in [1.29, 1.82) is 0 Å². The quantitative estimate of drug-likeness (QED) is 0.469. The van der Waals surface area contributed by atoms with Crippen LogP contribution >= 0.6 is 0 Å². The number of imidazole rings is 1. The Morgan fingerprint density at radius 1 is 1.19 bits per heavy atom. The third kappa shape index (κ3) is 5.72. The molecule has 32 heavy (non-hydrogen) atoms. The monoisotopic (exact) mass is 435 g/mol. The van der Waals surface area contributed by atoms with E-state index in [2.05, 4.69) is 20.6 Å². The highest BCUT2D eigenvalue weighted by Gasteiger charge is 2.25. The van der Waals surface area contributed by atoms with Gasteiger partial charge in [-0.3, -0.25) is 9.59 Å². The topological polar surface area (TPSA) is 113 Å². The number of benzene rings is 2. The van der Waals surface area contributed by atoms with Gasteiger partial charge in [-0.05, 0) is 39.1 Å². The predicted molar refractivity (Wildman–Crippen MR) is 122 cm³/mol. The zero-order chi connectivity index (χ0) is 23.3. The van der Waals surface area contributed by atoms with Crippen molar-refractivity contribution in [1.82, 2.24) is 15.3 Å². The highest BCUT2D eigenvalue weighted by molar-refractivity contribution is 6.07. The minimum atomic E-state index is -0.840. The molecular weight excluding hydrogens is 408 g/mol. The molecule has 2 aromatic carbocycles. The Morgan fingerprint density at radius 3 is 2.59 bits per heavy atom. The lowest BCUT2D eigenvalue weighted by atomic mass is 10.0. The van der Waals surface area contributed by atoms with Crippen LogP contribution in [0.25, 0.3) is 10.8 Å². The first kappa shape index (κ1) is 23.0. The lowest BCUT2D eigenvalue weighted by Crippen LogP contribution is -2.45. The Labute approximate surface area is 186 Å². The van der Waals surface area contributed by atoms with Gasteiger partial charge in [0.1, 0.15) is 17.7 Å². The van der Waals surface area contributed by atoms with Crippen molar-refractivity contribution in [2.24, 2.45) is 0 Å². The molecule has 3 N–H and O–H groups in total. The van der Waals surface area contributed by atoms with E-state index in [0.29, 0.717) is 16.9 Å². The molecule has 1 aromatic heterocycles. The smallest absolute Gasteiger partial charge is 0.340 e. The minimum Gasteiger partial charge on any atom is -0.456 e. The summed E-state index contributed by atoms with van der Waals surface area (Å²) in [5.74, 6) is -0.895. The number of H-pyrrole nitrogens is 1. The number of hydrogen-bond acceptors (Lipinski definition) is 6. The third-order valence-electron chi connectivity index (χ3n) is 4.73. The van der Waals surface area contributed by atoms with Crippen molar-refractivity contribution in [2.45, 2.75) is 51.8 Å². The van der Waals surface area contributed by atoms with Gasteiger partial charge in [0.05, 0.1) is 23.3 Å². The zero-order valence-corrected chi connectivity index (χ0v) is 18.6. The second-order valence-electron chi connectivity index (χ2n) is 8.52. The van der Waals surface area contributed by atoms with Gasteiger partial charge in [0.2, 0.25) is 12.2 Å². The molecular formula is C24H27N4O4. The van der Waals surface area contributed by atoms with Gasteiger partial charge in [0, 0.05) is 18.0 Å². The molecule has 3 aromatic rings. The standard InChI is InChI=1S/C24H27N4O4/c1-15(22(30)28-18(13-29)11-17-12-25-14-26-17)27-21-19-8-6-5-7-16(19)9-10-20(21)23(31)32-24(2,3)4/h5-10,12,14-15,18,27H,11H2,1-4H3,(H,25,26)(H,28,30). The molecule has 8 heteroatoms. The lowest BCUT2D eigenvalue weighted by molar-refractivity contribution is -0.121. The number of anilines is 1. The van der Waals surface area contributed by atoms with E-state index in [-0.39, 0.29) is 6.42 Å². The third-order valence-corrected chi connectivity index (χ3v) is 4.73. The van der Waals surface area contributed by atoms with Crippen LogP contribution in [0.3, 0.4) is 0 Å². The first-order chi connectivity index (χ1) is 15.2. The Morgan fingerprint density at radius 2 is 1.94 bits per heavy atom. The molecule has 0 aliphatic heterocycles. The van der Waals surface area contributed by atoms with Crippen LogP contribution in [-0.2, 0) is 20.7 Å². The molecule has 0 aliphatic carbocycles. The zero-order valence-electron chi connectivity index (χ0n) is 18.6. The molecule has 2 unspecified atom stereocenters. The van der Waals surface area contributed by atoms with E-state index in [4.69, 9.17) is 4.74 Å². The maximum Gasteiger partial charge on any atom is 0.340 e. The Bertz CT molecular complexity index is 1100. The van der Waals surface area contributed by atoms with Crippen LogP contribution in [0.4, 0.5) is 5.69 Å². The van der Waals surface area contributed by atoms with Gasteiger partial charge in [0.15, 0.2) is 0 Å². The average Bonchev–Trinajstić information content (AvgIpc) is 3.25. The normalized spacial score (nSPS) is 13.2. The fourth-order valence-corrected chi connectivity index (χ4v) is 3.24. The molecule has 0 spiro atoms. The molecule has 167 valence electrons. The van der Waals surface area contributed by atoms with Gasteiger partial charge in [0.25, 0.3) is 0 Å². The van der Waals surface area contributed by atoms with Crippen LogP contribution in [0.15, 0.2) is 48.9 Å². The van der Waals surface area contributed by atoms with E-state index in [1.807, 2.05) is 36.6 Å². The molecule has 0 bridgehead atoms. The van der Waals surface area contributed by atoms with E-state index >= 15 is 0 Å². The highest BCUT2D eigenvalue weighted by atomic mass is 16.6. The fraction of sp³-hybridized carbons (Fsp3) is 0.333. The first-order valence-electron chi connectivity index (χ1n) is 10.4. The molecule has 0 saturated carbocycles. The number of ether oxygens (including phenoxy) is 1. The minimum absolute atomic E-state index is 0.225. The maximum atomic E-state index is 12.9. The Hall–Kier alpha value is -3.68. The number of carbonyl (C=O) groups excluding carboxylic acids is 3. The predicted octanol–water partition coefficient (Wildman–Crippen LogP) is 3.16. The van der Waals surface area contributed by atoms with Crippen LogP contribution < -0.4 is 10.6 Å². The largest absolute Gasteiger partial charge is 0.456 e. The number of aromatic nitrogens is 2. The van der Waals surface area contributed by atoms with Crippen LogP contribution in [0.2, 0.25) is 0 Å². The van der Waals surface area contributed by atoms with E-state index in [1.54, 1.807) is 40.0 Å². The Balaban J connectivity index is 1.84. The number of fused-ring (bicyclic) bond motifs is 1. The summed E-state index contributed by atoms with van der Waals surface area (Å²) < 4.78 is 5.56. The average molecular weight is 436 g/mol.